The minimum absolute atomic E-state index is 0.341. The first kappa shape index (κ1) is 26.9. The van der Waals surface area contributed by atoms with E-state index in [1.807, 2.05) is 0 Å². The zero-order valence-electron chi connectivity index (χ0n) is 26.3. The molecule has 6 aromatic rings. The molecule has 1 aliphatic carbocycles. The predicted molar refractivity (Wildman–Crippen MR) is 192 cm³/mol. The Hall–Kier alpha value is -5.48. The van der Waals surface area contributed by atoms with Crippen LogP contribution in [0.3, 0.4) is 0 Å². The molecule has 0 N–H and O–H groups in total. The third-order valence-electron chi connectivity index (χ3n) is 10.3. The van der Waals surface area contributed by atoms with Gasteiger partial charge in [-0.25, -0.2) is 0 Å². The molecule has 0 amide bonds. The Morgan fingerprint density at radius 1 is 0.478 bits per heavy atom. The molecule has 3 aliphatic rings. The second kappa shape index (κ2) is 10.3. The first-order valence-corrected chi connectivity index (χ1v) is 16.2. The SMILES string of the molecule is CN1CN(c2cccc(CC3(c4cccc(N5CN(C)c6ccccc65)c4)c4ccccc4-c4ccccc43)c2)c2ccccc21. The lowest BCUT2D eigenvalue weighted by Crippen LogP contribution is -2.31. The highest BCUT2D eigenvalue weighted by Crippen LogP contribution is 2.55. The summed E-state index contributed by atoms with van der Waals surface area (Å²) in [4.78, 5) is 9.54. The maximum atomic E-state index is 2.45. The lowest BCUT2D eigenvalue weighted by molar-refractivity contribution is 0.629. The van der Waals surface area contributed by atoms with Gasteiger partial charge in [-0.05, 0) is 88.3 Å². The van der Waals surface area contributed by atoms with Gasteiger partial charge in [0.1, 0.15) is 0 Å². The summed E-state index contributed by atoms with van der Waals surface area (Å²) in [5.41, 5.74) is 15.2. The second-order valence-electron chi connectivity index (χ2n) is 12.9. The fourth-order valence-corrected chi connectivity index (χ4v) is 8.21. The van der Waals surface area contributed by atoms with Gasteiger partial charge in [0, 0.05) is 25.5 Å². The van der Waals surface area contributed by atoms with Gasteiger partial charge < -0.3 is 19.6 Å². The molecule has 4 nitrogen and oxygen atoms in total. The lowest BCUT2D eigenvalue weighted by Gasteiger charge is -2.34. The summed E-state index contributed by atoms with van der Waals surface area (Å²) in [6.45, 7) is 1.67. The van der Waals surface area contributed by atoms with Crippen molar-refractivity contribution in [2.24, 2.45) is 0 Å². The van der Waals surface area contributed by atoms with Crippen LogP contribution in [0.15, 0.2) is 146 Å². The normalized spacial score (nSPS) is 15.5. The monoisotopic (exact) mass is 596 g/mol. The Morgan fingerprint density at radius 3 is 1.54 bits per heavy atom. The predicted octanol–water partition coefficient (Wildman–Crippen LogP) is 9.33. The molecule has 0 atom stereocenters. The number of benzene rings is 6. The summed E-state index contributed by atoms with van der Waals surface area (Å²) in [5.74, 6) is 0. The highest BCUT2D eigenvalue weighted by atomic mass is 15.4. The molecule has 0 radical (unpaired) electrons. The average molecular weight is 597 g/mol. The highest BCUT2D eigenvalue weighted by molar-refractivity contribution is 5.86. The van der Waals surface area contributed by atoms with Crippen LogP contribution in [0.4, 0.5) is 34.1 Å². The Balaban J connectivity index is 1.20. The molecule has 0 unspecified atom stereocenters. The van der Waals surface area contributed by atoms with Crippen LogP contribution in [0.25, 0.3) is 11.1 Å². The quantitative estimate of drug-likeness (QED) is 0.197. The van der Waals surface area contributed by atoms with E-state index in [4.69, 9.17) is 0 Å². The molecule has 6 aromatic carbocycles. The van der Waals surface area contributed by atoms with Crippen LogP contribution in [0.5, 0.6) is 0 Å². The first-order chi connectivity index (χ1) is 22.6. The number of rotatable bonds is 5. The topological polar surface area (TPSA) is 13.0 Å². The Bertz CT molecular complexity index is 2070. The highest BCUT2D eigenvalue weighted by Gasteiger charge is 2.45. The number of hydrogen-bond acceptors (Lipinski definition) is 4. The number of anilines is 6. The Morgan fingerprint density at radius 2 is 0.957 bits per heavy atom. The van der Waals surface area contributed by atoms with E-state index in [1.165, 1.54) is 67.5 Å². The molecule has 2 heterocycles. The maximum Gasteiger partial charge on any atom is 0.0950 e. The molecular formula is C42H36N4. The van der Waals surface area contributed by atoms with E-state index in [2.05, 4.69) is 179 Å². The van der Waals surface area contributed by atoms with Crippen molar-refractivity contribution in [3.8, 4) is 11.1 Å². The van der Waals surface area contributed by atoms with Crippen molar-refractivity contribution in [1.82, 2.24) is 0 Å². The molecule has 224 valence electrons. The largest absolute Gasteiger partial charge is 0.355 e. The third kappa shape index (κ3) is 3.93. The summed E-state index contributed by atoms with van der Waals surface area (Å²) in [6, 6.07) is 54.1. The van der Waals surface area contributed by atoms with Gasteiger partial charge in [-0.15, -0.1) is 0 Å². The van der Waals surface area contributed by atoms with Gasteiger partial charge in [0.25, 0.3) is 0 Å². The standard InChI is InChI=1S/C42H36N4/c1-43-28-45(40-23-9-7-21-38(40)43)32-15-11-13-30(25-32)27-42(36-19-5-3-17-34(36)35-18-4-6-20-37(35)42)31-14-12-16-33(26-31)46-29-44(2)39-22-8-10-24-41(39)46/h3-26H,27-29H2,1-2H3. The van der Waals surface area contributed by atoms with Crippen molar-refractivity contribution in [3.05, 3.63) is 168 Å². The van der Waals surface area contributed by atoms with Gasteiger partial charge in [-0.3, -0.25) is 0 Å². The molecule has 0 fully saturated rings. The number of hydrogen-bond donors (Lipinski definition) is 0. The molecule has 0 saturated carbocycles. The van der Waals surface area contributed by atoms with Crippen LogP contribution < -0.4 is 19.6 Å². The zero-order chi connectivity index (χ0) is 30.8. The van der Waals surface area contributed by atoms with Crippen LogP contribution in [0.2, 0.25) is 0 Å². The van der Waals surface area contributed by atoms with E-state index < -0.39 is 0 Å². The third-order valence-corrected chi connectivity index (χ3v) is 10.3. The summed E-state index contributed by atoms with van der Waals surface area (Å²) >= 11 is 0. The first-order valence-electron chi connectivity index (χ1n) is 16.2. The van der Waals surface area contributed by atoms with Gasteiger partial charge in [0.05, 0.1) is 41.5 Å². The van der Waals surface area contributed by atoms with Crippen LogP contribution >= 0.6 is 0 Å². The Kier molecular flexibility index (Phi) is 6.01. The van der Waals surface area contributed by atoms with E-state index >= 15 is 0 Å². The smallest absolute Gasteiger partial charge is 0.0950 e. The molecular weight excluding hydrogens is 560 g/mol. The van der Waals surface area contributed by atoms with Gasteiger partial charge in [0.2, 0.25) is 0 Å². The van der Waals surface area contributed by atoms with Crippen LogP contribution in [-0.2, 0) is 11.8 Å². The minimum atomic E-state index is -0.341. The summed E-state index contributed by atoms with van der Waals surface area (Å²) in [6.07, 6.45) is 0.861. The van der Waals surface area contributed by atoms with Crippen molar-refractivity contribution < 1.29 is 0 Å². The average Bonchev–Trinajstić information content (AvgIpc) is 3.73. The summed E-state index contributed by atoms with van der Waals surface area (Å²) in [5, 5.41) is 0. The molecule has 9 rings (SSSR count). The van der Waals surface area contributed by atoms with Crippen molar-refractivity contribution in [3.63, 3.8) is 0 Å². The molecule has 4 heteroatoms. The molecule has 0 saturated heterocycles. The van der Waals surface area contributed by atoms with Gasteiger partial charge in [0.15, 0.2) is 0 Å². The summed E-state index contributed by atoms with van der Waals surface area (Å²) in [7, 11) is 4.35. The minimum Gasteiger partial charge on any atom is -0.355 e. The molecule has 2 aliphatic heterocycles. The fraction of sp³-hybridized carbons (Fsp3) is 0.143. The van der Waals surface area contributed by atoms with E-state index in [9.17, 15) is 0 Å². The second-order valence-corrected chi connectivity index (χ2v) is 12.9. The molecule has 0 spiro atoms. The van der Waals surface area contributed by atoms with Crippen molar-refractivity contribution in [2.75, 3.05) is 47.0 Å². The van der Waals surface area contributed by atoms with Crippen molar-refractivity contribution in [2.45, 2.75) is 11.8 Å². The number of nitrogens with zero attached hydrogens (tertiary/aromatic N) is 4. The van der Waals surface area contributed by atoms with Crippen LogP contribution in [0, 0.1) is 0 Å². The Labute approximate surface area is 271 Å². The molecule has 0 aromatic heterocycles. The van der Waals surface area contributed by atoms with E-state index in [1.54, 1.807) is 0 Å². The van der Waals surface area contributed by atoms with Crippen molar-refractivity contribution in [1.29, 1.82) is 0 Å². The fourth-order valence-electron chi connectivity index (χ4n) is 8.21. The maximum absolute atomic E-state index is 2.45. The van der Waals surface area contributed by atoms with Crippen molar-refractivity contribution >= 4 is 34.1 Å². The molecule has 46 heavy (non-hydrogen) atoms. The van der Waals surface area contributed by atoms with E-state index in [0.29, 0.717) is 0 Å². The zero-order valence-corrected chi connectivity index (χ0v) is 26.3. The van der Waals surface area contributed by atoms with Gasteiger partial charge in [-0.1, -0.05) is 97.1 Å². The number of fused-ring (bicyclic) bond motifs is 5. The summed E-state index contributed by atoms with van der Waals surface area (Å²) < 4.78 is 0. The van der Waals surface area contributed by atoms with Crippen LogP contribution in [-0.4, -0.2) is 27.4 Å². The van der Waals surface area contributed by atoms with Gasteiger partial charge in [-0.2, -0.15) is 0 Å². The number of para-hydroxylation sites is 4. The van der Waals surface area contributed by atoms with Crippen LogP contribution in [0.1, 0.15) is 22.3 Å². The van der Waals surface area contributed by atoms with E-state index in [-0.39, 0.29) is 5.41 Å². The van der Waals surface area contributed by atoms with E-state index in [0.717, 1.165) is 19.8 Å². The van der Waals surface area contributed by atoms with Gasteiger partial charge >= 0.3 is 0 Å². The molecule has 0 bridgehead atoms. The lowest BCUT2D eigenvalue weighted by atomic mass is 9.68.